The second-order valence-electron chi connectivity index (χ2n) is 4.46. The highest BCUT2D eigenvalue weighted by Gasteiger charge is 2.19. The molecule has 0 spiro atoms. The highest BCUT2D eigenvalue weighted by atomic mass is 19.1. The Balaban J connectivity index is 2.60. The van der Waals surface area contributed by atoms with Crippen molar-refractivity contribution in [2.24, 2.45) is 5.73 Å². The van der Waals surface area contributed by atoms with E-state index in [4.69, 9.17) is 5.73 Å². The van der Waals surface area contributed by atoms with E-state index < -0.39 is 6.10 Å². The molecule has 3 heteroatoms. The van der Waals surface area contributed by atoms with Crippen LogP contribution in [0.3, 0.4) is 0 Å². The molecule has 0 aliphatic rings. The standard InChI is InChI=1S/C14H22FNO/c1-2-3-4-5-14(17)13(10-16)11-6-8-12(15)9-7-11/h6-9,13-14,17H,2-5,10,16H2,1H3. The van der Waals surface area contributed by atoms with Crippen LogP contribution in [0.4, 0.5) is 4.39 Å². The lowest BCUT2D eigenvalue weighted by Crippen LogP contribution is -2.25. The Kier molecular flexibility index (Phi) is 6.16. The number of unbranched alkanes of at least 4 members (excludes halogenated alkanes) is 2. The third-order valence-electron chi connectivity index (χ3n) is 3.12. The maximum atomic E-state index is 12.8. The number of hydrogen-bond acceptors (Lipinski definition) is 2. The number of halogens is 1. The van der Waals surface area contributed by atoms with Crippen LogP contribution in [-0.2, 0) is 0 Å². The van der Waals surface area contributed by atoms with Crippen molar-refractivity contribution in [3.8, 4) is 0 Å². The molecule has 3 N–H and O–H groups in total. The highest BCUT2D eigenvalue weighted by molar-refractivity contribution is 5.22. The Labute approximate surface area is 103 Å². The van der Waals surface area contributed by atoms with E-state index in [0.29, 0.717) is 6.54 Å². The number of hydrogen-bond donors (Lipinski definition) is 2. The lowest BCUT2D eigenvalue weighted by Gasteiger charge is -2.21. The zero-order chi connectivity index (χ0) is 12.7. The molecule has 0 amide bonds. The lowest BCUT2D eigenvalue weighted by molar-refractivity contribution is 0.132. The fourth-order valence-corrected chi connectivity index (χ4v) is 2.03. The average molecular weight is 239 g/mol. The Morgan fingerprint density at radius 2 is 1.88 bits per heavy atom. The van der Waals surface area contributed by atoms with Gasteiger partial charge in [-0.15, -0.1) is 0 Å². The normalized spacial score (nSPS) is 14.6. The van der Waals surface area contributed by atoms with Gasteiger partial charge in [0, 0.05) is 12.5 Å². The topological polar surface area (TPSA) is 46.2 Å². The summed E-state index contributed by atoms with van der Waals surface area (Å²) in [5.74, 6) is -0.350. The van der Waals surface area contributed by atoms with Gasteiger partial charge in [-0.25, -0.2) is 4.39 Å². The van der Waals surface area contributed by atoms with E-state index in [0.717, 1.165) is 31.2 Å². The molecule has 1 aromatic carbocycles. The molecule has 0 fully saturated rings. The molecule has 1 rings (SSSR count). The maximum Gasteiger partial charge on any atom is 0.123 e. The van der Waals surface area contributed by atoms with E-state index in [1.54, 1.807) is 12.1 Å². The van der Waals surface area contributed by atoms with Crippen LogP contribution in [0, 0.1) is 5.82 Å². The van der Waals surface area contributed by atoms with Crippen LogP contribution in [0.25, 0.3) is 0 Å². The highest BCUT2D eigenvalue weighted by Crippen LogP contribution is 2.22. The number of benzene rings is 1. The van der Waals surface area contributed by atoms with Gasteiger partial charge in [0.15, 0.2) is 0 Å². The summed E-state index contributed by atoms with van der Waals surface area (Å²) >= 11 is 0. The predicted molar refractivity (Wildman–Crippen MR) is 68.3 cm³/mol. The molecule has 2 unspecified atom stereocenters. The van der Waals surface area contributed by atoms with E-state index in [2.05, 4.69) is 6.92 Å². The van der Waals surface area contributed by atoms with Gasteiger partial charge in [-0.05, 0) is 24.1 Å². The van der Waals surface area contributed by atoms with Gasteiger partial charge in [-0.3, -0.25) is 0 Å². The molecule has 0 saturated carbocycles. The van der Waals surface area contributed by atoms with Crippen molar-refractivity contribution in [3.05, 3.63) is 35.6 Å². The summed E-state index contributed by atoms with van der Waals surface area (Å²) in [4.78, 5) is 0. The van der Waals surface area contributed by atoms with Gasteiger partial charge in [-0.1, -0.05) is 38.3 Å². The van der Waals surface area contributed by atoms with Crippen LogP contribution in [0.1, 0.15) is 44.1 Å². The van der Waals surface area contributed by atoms with Crippen molar-refractivity contribution in [1.82, 2.24) is 0 Å². The van der Waals surface area contributed by atoms with E-state index in [1.807, 2.05) is 0 Å². The first-order valence-electron chi connectivity index (χ1n) is 6.32. The molecular formula is C14H22FNO. The van der Waals surface area contributed by atoms with E-state index >= 15 is 0 Å². The van der Waals surface area contributed by atoms with Crippen molar-refractivity contribution >= 4 is 0 Å². The van der Waals surface area contributed by atoms with E-state index in [9.17, 15) is 9.50 Å². The first kappa shape index (κ1) is 14.1. The zero-order valence-electron chi connectivity index (χ0n) is 10.4. The summed E-state index contributed by atoms with van der Waals surface area (Å²) in [7, 11) is 0. The summed E-state index contributed by atoms with van der Waals surface area (Å²) in [5, 5.41) is 10.1. The summed E-state index contributed by atoms with van der Waals surface area (Å²) in [6, 6.07) is 6.24. The molecule has 96 valence electrons. The fourth-order valence-electron chi connectivity index (χ4n) is 2.03. The third kappa shape index (κ3) is 4.44. The largest absolute Gasteiger partial charge is 0.392 e. The van der Waals surface area contributed by atoms with Crippen LogP contribution >= 0.6 is 0 Å². The molecule has 0 bridgehead atoms. The van der Waals surface area contributed by atoms with Gasteiger partial charge in [0.05, 0.1) is 6.10 Å². The molecule has 2 atom stereocenters. The van der Waals surface area contributed by atoms with E-state index in [1.165, 1.54) is 12.1 Å². The number of rotatable bonds is 7. The molecule has 0 aliphatic carbocycles. The van der Waals surface area contributed by atoms with Crippen molar-refractivity contribution in [3.63, 3.8) is 0 Å². The van der Waals surface area contributed by atoms with Crippen molar-refractivity contribution < 1.29 is 9.50 Å². The fraction of sp³-hybridized carbons (Fsp3) is 0.571. The molecule has 17 heavy (non-hydrogen) atoms. The average Bonchev–Trinajstić information content (AvgIpc) is 2.33. The minimum atomic E-state index is -0.433. The first-order chi connectivity index (χ1) is 8.19. The van der Waals surface area contributed by atoms with Crippen LogP contribution in [0.2, 0.25) is 0 Å². The monoisotopic (exact) mass is 239 g/mol. The summed E-state index contributed by atoms with van der Waals surface area (Å²) < 4.78 is 12.8. The zero-order valence-corrected chi connectivity index (χ0v) is 10.4. The molecule has 2 nitrogen and oxygen atoms in total. The smallest absolute Gasteiger partial charge is 0.123 e. The Morgan fingerprint density at radius 1 is 1.24 bits per heavy atom. The van der Waals surface area contributed by atoms with Gasteiger partial charge in [0.2, 0.25) is 0 Å². The summed E-state index contributed by atoms with van der Waals surface area (Å²) in [6.45, 7) is 2.52. The van der Waals surface area contributed by atoms with Gasteiger partial charge in [-0.2, -0.15) is 0 Å². The second-order valence-corrected chi connectivity index (χ2v) is 4.46. The minimum Gasteiger partial charge on any atom is -0.392 e. The molecule has 1 aromatic rings. The van der Waals surface area contributed by atoms with Gasteiger partial charge >= 0.3 is 0 Å². The predicted octanol–water partition coefficient (Wildman–Crippen LogP) is 2.81. The Hall–Kier alpha value is -0.930. The van der Waals surface area contributed by atoms with Crippen LogP contribution < -0.4 is 5.73 Å². The third-order valence-corrected chi connectivity index (χ3v) is 3.12. The lowest BCUT2D eigenvalue weighted by atomic mass is 9.90. The van der Waals surface area contributed by atoms with Gasteiger partial charge < -0.3 is 10.8 Å². The SMILES string of the molecule is CCCCCC(O)C(CN)c1ccc(F)cc1. The quantitative estimate of drug-likeness (QED) is 0.719. The van der Waals surface area contributed by atoms with Crippen molar-refractivity contribution in [1.29, 1.82) is 0 Å². The summed E-state index contributed by atoms with van der Waals surface area (Å²) in [6.07, 6.45) is 3.59. The molecular weight excluding hydrogens is 217 g/mol. The van der Waals surface area contributed by atoms with E-state index in [-0.39, 0.29) is 11.7 Å². The van der Waals surface area contributed by atoms with Crippen LogP contribution in [0.15, 0.2) is 24.3 Å². The first-order valence-corrected chi connectivity index (χ1v) is 6.32. The molecule has 0 aromatic heterocycles. The molecule has 0 aliphatic heterocycles. The number of aliphatic hydroxyl groups excluding tert-OH is 1. The molecule has 0 radical (unpaired) electrons. The van der Waals surface area contributed by atoms with Gasteiger partial charge in [0.1, 0.15) is 5.82 Å². The molecule has 0 heterocycles. The van der Waals surface area contributed by atoms with Gasteiger partial charge in [0.25, 0.3) is 0 Å². The molecule has 0 saturated heterocycles. The second kappa shape index (κ2) is 7.41. The van der Waals surface area contributed by atoms with Crippen molar-refractivity contribution in [2.75, 3.05) is 6.54 Å². The Bertz CT molecular complexity index is 313. The number of nitrogens with two attached hydrogens (primary N) is 1. The maximum absolute atomic E-state index is 12.8. The van der Waals surface area contributed by atoms with Crippen LogP contribution in [0.5, 0.6) is 0 Å². The minimum absolute atomic E-state index is 0.0903. The van der Waals surface area contributed by atoms with Crippen molar-refractivity contribution in [2.45, 2.75) is 44.6 Å². The Morgan fingerprint density at radius 3 is 2.41 bits per heavy atom. The number of aliphatic hydroxyl groups is 1. The summed E-state index contributed by atoms with van der Waals surface area (Å²) in [5.41, 5.74) is 6.61. The van der Waals surface area contributed by atoms with Crippen LogP contribution in [-0.4, -0.2) is 17.8 Å².